The summed E-state index contributed by atoms with van der Waals surface area (Å²) in [6.07, 6.45) is 1.79. The van der Waals surface area contributed by atoms with Gasteiger partial charge in [-0.2, -0.15) is 10.2 Å². The first-order valence-electron chi connectivity index (χ1n) is 10.6. The maximum atomic E-state index is 5.92. The molecule has 5 heteroatoms. The average molecular weight is 449 g/mol. The zero-order valence-corrected chi connectivity index (χ0v) is 18.5. The van der Waals surface area contributed by atoms with Gasteiger partial charge in [-0.3, -0.25) is 5.43 Å². The van der Waals surface area contributed by atoms with Gasteiger partial charge >= 0.3 is 0 Å². The number of nitrogens with zero attached hydrogens (tertiary/aromatic N) is 3. The summed E-state index contributed by atoms with van der Waals surface area (Å²) >= 11 is 5.92. The number of nitrogens with one attached hydrogen (secondary N) is 1. The van der Waals surface area contributed by atoms with Gasteiger partial charge in [-0.1, -0.05) is 84.4 Å². The van der Waals surface area contributed by atoms with Crippen LogP contribution in [0.25, 0.3) is 28.2 Å². The molecule has 5 aromatic rings. The van der Waals surface area contributed by atoms with E-state index in [2.05, 4.69) is 53.0 Å². The summed E-state index contributed by atoms with van der Waals surface area (Å²) in [6, 6.07) is 38.3. The van der Waals surface area contributed by atoms with Gasteiger partial charge in [0.25, 0.3) is 0 Å². The molecule has 0 unspecified atom stereocenters. The molecule has 4 nitrogen and oxygen atoms in total. The molecule has 160 valence electrons. The minimum Gasteiger partial charge on any atom is -0.279 e. The van der Waals surface area contributed by atoms with Crippen LogP contribution in [-0.2, 0) is 0 Å². The van der Waals surface area contributed by atoms with E-state index in [9.17, 15) is 0 Å². The van der Waals surface area contributed by atoms with Crippen LogP contribution in [-0.4, -0.2) is 16.0 Å². The highest BCUT2D eigenvalue weighted by molar-refractivity contribution is 6.30. The summed E-state index contributed by atoms with van der Waals surface area (Å²) < 4.78 is 1.99. The van der Waals surface area contributed by atoms with E-state index in [-0.39, 0.29) is 0 Å². The fourth-order valence-electron chi connectivity index (χ4n) is 3.55. The van der Waals surface area contributed by atoms with E-state index in [0.29, 0.717) is 5.02 Å². The number of hydrogen-bond donors (Lipinski definition) is 1. The van der Waals surface area contributed by atoms with Crippen molar-refractivity contribution in [2.45, 2.75) is 0 Å². The van der Waals surface area contributed by atoms with Crippen molar-refractivity contribution in [3.63, 3.8) is 0 Å². The van der Waals surface area contributed by atoms with Crippen LogP contribution in [0.5, 0.6) is 0 Å². The zero-order chi connectivity index (χ0) is 22.5. The lowest BCUT2D eigenvalue weighted by Crippen LogP contribution is -1.99. The number of aromatic nitrogens is 2. The highest BCUT2D eigenvalue weighted by Crippen LogP contribution is 2.28. The van der Waals surface area contributed by atoms with E-state index in [1.54, 1.807) is 6.21 Å². The SMILES string of the molecule is Clc1ccc(N/N=C/c2ccc(-n3nc(-c4ccccc4)cc3-c3ccccc3)cc2)cc1. The maximum absolute atomic E-state index is 5.92. The van der Waals surface area contributed by atoms with Gasteiger partial charge in [0.1, 0.15) is 0 Å². The van der Waals surface area contributed by atoms with Gasteiger partial charge < -0.3 is 0 Å². The molecule has 0 aliphatic heterocycles. The smallest absolute Gasteiger partial charge is 0.0934 e. The Morgan fingerprint density at radius 2 is 1.36 bits per heavy atom. The highest BCUT2D eigenvalue weighted by atomic mass is 35.5. The van der Waals surface area contributed by atoms with Crippen LogP contribution in [0.15, 0.2) is 120 Å². The van der Waals surface area contributed by atoms with Crippen molar-refractivity contribution in [1.82, 2.24) is 9.78 Å². The third-order valence-electron chi connectivity index (χ3n) is 5.24. The fraction of sp³-hybridized carbons (Fsp3) is 0. The molecule has 0 spiro atoms. The van der Waals surface area contributed by atoms with Gasteiger partial charge in [-0.25, -0.2) is 4.68 Å². The predicted molar refractivity (Wildman–Crippen MR) is 137 cm³/mol. The van der Waals surface area contributed by atoms with Crippen LogP contribution < -0.4 is 5.43 Å². The molecule has 0 atom stereocenters. The lowest BCUT2D eigenvalue weighted by molar-refractivity contribution is 0.892. The molecule has 0 amide bonds. The molecular formula is C28H21ClN4. The van der Waals surface area contributed by atoms with Gasteiger partial charge in [0.2, 0.25) is 0 Å². The van der Waals surface area contributed by atoms with Crippen molar-refractivity contribution in [2.75, 3.05) is 5.43 Å². The molecule has 0 saturated carbocycles. The second-order valence-corrected chi connectivity index (χ2v) is 7.96. The molecule has 1 N–H and O–H groups in total. The number of rotatable bonds is 6. The first kappa shape index (κ1) is 20.7. The summed E-state index contributed by atoms with van der Waals surface area (Å²) in [7, 11) is 0. The van der Waals surface area contributed by atoms with Crippen LogP contribution in [0.1, 0.15) is 5.56 Å². The lowest BCUT2D eigenvalue weighted by atomic mass is 10.1. The minimum atomic E-state index is 0.698. The Kier molecular flexibility index (Phi) is 6.00. The second kappa shape index (κ2) is 9.55. The molecule has 33 heavy (non-hydrogen) atoms. The molecular weight excluding hydrogens is 428 g/mol. The average Bonchev–Trinajstić information content (AvgIpc) is 3.32. The van der Waals surface area contributed by atoms with E-state index < -0.39 is 0 Å². The standard InChI is InChI=1S/C28H21ClN4/c29-24-13-15-25(16-14-24)31-30-20-21-11-17-26(18-12-21)33-28(23-9-5-2-6-10-23)19-27(32-33)22-7-3-1-4-8-22/h1-20,31H/b30-20+. The van der Waals surface area contributed by atoms with Gasteiger partial charge in [-0.05, 0) is 48.0 Å². The molecule has 0 radical (unpaired) electrons. The minimum absolute atomic E-state index is 0.698. The van der Waals surface area contributed by atoms with Gasteiger partial charge in [0.15, 0.2) is 0 Å². The monoisotopic (exact) mass is 448 g/mol. The fourth-order valence-corrected chi connectivity index (χ4v) is 3.68. The number of hydrazone groups is 1. The molecule has 0 aliphatic carbocycles. The molecule has 4 aromatic carbocycles. The molecule has 0 fully saturated rings. The van der Waals surface area contributed by atoms with E-state index >= 15 is 0 Å². The van der Waals surface area contributed by atoms with E-state index in [4.69, 9.17) is 16.7 Å². The predicted octanol–water partition coefficient (Wildman–Crippen LogP) is 7.31. The van der Waals surface area contributed by atoms with Crippen molar-refractivity contribution in [3.05, 3.63) is 126 Å². The number of benzene rings is 4. The second-order valence-electron chi connectivity index (χ2n) is 7.53. The third kappa shape index (κ3) is 4.86. The van der Waals surface area contributed by atoms with Crippen molar-refractivity contribution in [1.29, 1.82) is 0 Å². The Bertz CT molecular complexity index is 1360. The van der Waals surface area contributed by atoms with E-state index in [1.807, 2.05) is 77.5 Å². The molecule has 1 heterocycles. The van der Waals surface area contributed by atoms with Crippen molar-refractivity contribution in [3.8, 4) is 28.2 Å². The third-order valence-corrected chi connectivity index (χ3v) is 5.49. The van der Waals surface area contributed by atoms with Crippen LogP contribution >= 0.6 is 11.6 Å². The van der Waals surface area contributed by atoms with Gasteiger partial charge in [0.05, 0.1) is 29.0 Å². The van der Waals surface area contributed by atoms with Crippen LogP contribution in [0.2, 0.25) is 5.02 Å². The van der Waals surface area contributed by atoms with Gasteiger partial charge in [0, 0.05) is 16.1 Å². The highest BCUT2D eigenvalue weighted by Gasteiger charge is 2.12. The van der Waals surface area contributed by atoms with Gasteiger partial charge in [-0.15, -0.1) is 0 Å². The van der Waals surface area contributed by atoms with Crippen molar-refractivity contribution < 1.29 is 0 Å². The molecule has 1 aromatic heterocycles. The number of anilines is 1. The maximum Gasteiger partial charge on any atom is 0.0934 e. The Balaban J connectivity index is 1.43. The van der Waals surface area contributed by atoms with Crippen molar-refractivity contribution >= 4 is 23.5 Å². The first-order chi connectivity index (χ1) is 16.3. The topological polar surface area (TPSA) is 42.2 Å². The van der Waals surface area contributed by atoms with Crippen molar-refractivity contribution in [2.24, 2.45) is 5.10 Å². The Morgan fingerprint density at radius 1 is 0.727 bits per heavy atom. The van der Waals surface area contributed by atoms with E-state index in [0.717, 1.165) is 39.5 Å². The Hall–Kier alpha value is -4.15. The number of halogens is 1. The largest absolute Gasteiger partial charge is 0.279 e. The zero-order valence-electron chi connectivity index (χ0n) is 17.8. The van der Waals surface area contributed by atoms with Crippen LogP contribution in [0, 0.1) is 0 Å². The summed E-state index contributed by atoms with van der Waals surface area (Å²) in [5.41, 5.74) is 10.0. The number of hydrogen-bond acceptors (Lipinski definition) is 3. The first-order valence-corrected chi connectivity index (χ1v) is 11.0. The molecule has 5 rings (SSSR count). The quantitative estimate of drug-likeness (QED) is 0.218. The Morgan fingerprint density at radius 3 is 2.03 bits per heavy atom. The van der Waals surface area contributed by atoms with Crippen LogP contribution in [0.3, 0.4) is 0 Å². The molecule has 0 bridgehead atoms. The molecule has 0 aliphatic rings. The summed E-state index contributed by atoms with van der Waals surface area (Å²) in [6.45, 7) is 0. The Labute approximate surface area is 197 Å². The lowest BCUT2D eigenvalue weighted by Gasteiger charge is -2.08. The summed E-state index contributed by atoms with van der Waals surface area (Å²) in [5.74, 6) is 0. The van der Waals surface area contributed by atoms with E-state index in [1.165, 1.54) is 0 Å². The summed E-state index contributed by atoms with van der Waals surface area (Å²) in [5, 5.41) is 9.94. The van der Waals surface area contributed by atoms with Crippen LogP contribution in [0.4, 0.5) is 5.69 Å². The normalized spacial score (nSPS) is 11.1. The molecule has 0 saturated heterocycles. The summed E-state index contributed by atoms with van der Waals surface area (Å²) in [4.78, 5) is 0.